The molecule has 0 amide bonds. The standard InChI is InChI=1S/C6H16N2.C6H10O4.C5H9NO4/c7-5-3-1-2-4-6-8;7-5(8)3-1-2-4-6(9)10;6-3(5(9)10)1-2-4(7)8/h1-8H2;1-4H2,(H,7,8)(H,9,10);3H,1-2,6H2,(H,7,8)(H,9,10)/t;;3-/m..0/s1. The third-order valence-corrected chi connectivity index (χ3v) is 3.18. The van der Waals surface area contributed by atoms with E-state index in [4.69, 9.17) is 37.6 Å². The van der Waals surface area contributed by atoms with Crippen LogP contribution in [0, 0.1) is 0 Å². The Balaban J connectivity index is -0.000000337. The highest BCUT2D eigenvalue weighted by Crippen LogP contribution is 1.98. The maximum absolute atomic E-state index is 9.99. The molecule has 0 spiro atoms. The van der Waals surface area contributed by atoms with Gasteiger partial charge in [0.05, 0.1) is 0 Å². The zero-order valence-corrected chi connectivity index (χ0v) is 16.2. The Morgan fingerprint density at radius 1 is 0.607 bits per heavy atom. The number of unbranched alkanes of at least 4 members (excludes halogenated alkanes) is 4. The second-order valence-electron chi connectivity index (χ2n) is 5.86. The quantitative estimate of drug-likeness (QED) is 0.195. The summed E-state index contributed by atoms with van der Waals surface area (Å²) in [6, 6.07) is -1.06. The second-order valence-corrected chi connectivity index (χ2v) is 5.86. The number of carbonyl (C=O) groups is 4. The zero-order chi connectivity index (χ0) is 22.4. The predicted octanol–water partition coefficient (Wildman–Crippen LogP) is 0.443. The average molecular weight is 409 g/mol. The van der Waals surface area contributed by atoms with Crippen molar-refractivity contribution < 1.29 is 39.6 Å². The van der Waals surface area contributed by atoms with Crippen molar-refractivity contribution in [2.75, 3.05) is 13.1 Å². The minimum absolute atomic E-state index is 0.0231. The van der Waals surface area contributed by atoms with E-state index in [0.29, 0.717) is 12.8 Å². The van der Waals surface area contributed by atoms with E-state index >= 15 is 0 Å². The molecule has 0 bridgehead atoms. The van der Waals surface area contributed by atoms with Gasteiger partial charge in [-0.25, -0.2) is 0 Å². The number of carboxylic acid groups (broad SMARTS) is 4. The van der Waals surface area contributed by atoms with Gasteiger partial charge < -0.3 is 37.6 Å². The van der Waals surface area contributed by atoms with E-state index in [1.807, 2.05) is 0 Å². The monoisotopic (exact) mass is 409 g/mol. The highest BCUT2D eigenvalue weighted by Gasteiger charge is 2.12. The van der Waals surface area contributed by atoms with E-state index in [1.54, 1.807) is 0 Å². The van der Waals surface area contributed by atoms with Gasteiger partial charge in [0, 0.05) is 19.3 Å². The Morgan fingerprint density at radius 3 is 1.21 bits per heavy atom. The van der Waals surface area contributed by atoms with Gasteiger partial charge in [-0.15, -0.1) is 0 Å². The maximum atomic E-state index is 9.99. The summed E-state index contributed by atoms with van der Waals surface area (Å²) in [5.74, 6) is -3.94. The molecule has 10 N–H and O–H groups in total. The van der Waals surface area contributed by atoms with Gasteiger partial charge >= 0.3 is 23.9 Å². The van der Waals surface area contributed by atoms with Crippen LogP contribution in [-0.2, 0) is 19.2 Å². The van der Waals surface area contributed by atoms with Crippen LogP contribution in [0.1, 0.15) is 64.2 Å². The molecular formula is C17H35N3O8. The second kappa shape index (κ2) is 22.8. The Labute approximate surface area is 164 Å². The van der Waals surface area contributed by atoms with Crippen molar-refractivity contribution in [2.24, 2.45) is 17.2 Å². The first-order valence-electron chi connectivity index (χ1n) is 9.12. The van der Waals surface area contributed by atoms with Crippen LogP contribution in [0.15, 0.2) is 0 Å². The summed E-state index contributed by atoms with van der Waals surface area (Å²) in [7, 11) is 0. The minimum Gasteiger partial charge on any atom is -0.481 e. The summed E-state index contributed by atoms with van der Waals surface area (Å²) < 4.78 is 0. The highest BCUT2D eigenvalue weighted by atomic mass is 16.4. The molecule has 0 aliphatic heterocycles. The first-order chi connectivity index (χ1) is 13.1. The Hall–Kier alpha value is -2.24. The van der Waals surface area contributed by atoms with Crippen LogP contribution in [0.3, 0.4) is 0 Å². The zero-order valence-electron chi connectivity index (χ0n) is 16.2. The number of hydrogen-bond acceptors (Lipinski definition) is 7. The highest BCUT2D eigenvalue weighted by molar-refractivity contribution is 5.74. The van der Waals surface area contributed by atoms with Crippen LogP contribution in [-0.4, -0.2) is 63.4 Å². The van der Waals surface area contributed by atoms with Gasteiger partial charge in [0.2, 0.25) is 0 Å². The molecule has 0 saturated carbocycles. The van der Waals surface area contributed by atoms with Crippen LogP contribution in [0.4, 0.5) is 0 Å². The molecule has 28 heavy (non-hydrogen) atoms. The summed E-state index contributed by atoms with van der Waals surface area (Å²) in [5, 5.41) is 32.5. The van der Waals surface area contributed by atoms with E-state index in [-0.39, 0.29) is 25.7 Å². The first-order valence-corrected chi connectivity index (χ1v) is 9.12. The van der Waals surface area contributed by atoms with Crippen molar-refractivity contribution >= 4 is 23.9 Å². The van der Waals surface area contributed by atoms with Crippen LogP contribution in [0.2, 0.25) is 0 Å². The van der Waals surface area contributed by atoms with Crippen molar-refractivity contribution in [1.29, 1.82) is 0 Å². The van der Waals surface area contributed by atoms with Gasteiger partial charge in [0.25, 0.3) is 0 Å². The average Bonchev–Trinajstić information content (AvgIpc) is 2.61. The lowest BCUT2D eigenvalue weighted by atomic mass is 10.2. The van der Waals surface area contributed by atoms with Crippen molar-refractivity contribution in [3.8, 4) is 0 Å². The summed E-state index contributed by atoms with van der Waals surface area (Å²) in [6.45, 7) is 1.65. The molecule has 0 aliphatic rings. The van der Waals surface area contributed by atoms with Crippen molar-refractivity contribution in [1.82, 2.24) is 0 Å². The Morgan fingerprint density at radius 2 is 0.964 bits per heavy atom. The molecule has 0 radical (unpaired) electrons. The smallest absolute Gasteiger partial charge is 0.320 e. The lowest BCUT2D eigenvalue weighted by Crippen LogP contribution is -2.30. The van der Waals surface area contributed by atoms with E-state index < -0.39 is 29.9 Å². The van der Waals surface area contributed by atoms with Crippen LogP contribution < -0.4 is 17.2 Å². The largest absolute Gasteiger partial charge is 0.481 e. The molecule has 0 saturated heterocycles. The van der Waals surface area contributed by atoms with Gasteiger partial charge in [0.15, 0.2) is 0 Å². The van der Waals surface area contributed by atoms with E-state index in [0.717, 1.165) is 25.9 Å². The van der Waals surface area contributed by atoms with Crippen molar-refractivity contribution in [3.05, 3.63) is 0 Å². The number of aliphatic carboxylic acids is 4. The lowest BCUT2D eigenvalue weighted by Gasteiger charge is -2.01. The van der Waals surface area contributed by atoms with Gasteiger partial charge in [0.1, 0.15) is 6.04 Å². The Bertz CT molecular complexity index is 411. The minimum atomic E-state index is -1.17. The summed E-state index contributed by atoms with van der Waals surface area (Å²) >= 11 is 0. The lowest BCUT2D eigenvalue weighted by molar-refractivity contribution is -0.140. The molecule has 0 fully saturated rings. The molecule has 11 heteroatoms. The number of hydrogen-bond donors (Lipinski definition) is 7. The van der Waals surface area contributed by atoms with E-state index in [1.165, 1.54) is 12.8 Å². The fraction of sp³-hybridized carbons (Fsp3) is 0.765. The number of nitrogens with two attached hydrogens (primary N) is 3. The number of carboxylic acids is 4. The molecule has 0 unspecified atom stereocenters. The van der Waals surface area contributed by atoms with Crippen molar-refractivity contribution in [3.63, 3.8) is 0 Å². The van der Waals surface area contributed by atoms with Crippen LogP contribution >= 0.6 is 0 Å². The normalized spacial score (nSPS) is 10.5. The predicted molar refractivity (Wildman–Crippen MR) is 103 cm³/mol. The molecule has 0 aromatic carbocycles. The Kier molecular flexibility index (Phi) is 24.8. The van der Waals surface area contributed by atoms with Crippen LogP contribution in [0.25, 0.3) is 0 Å². The number of rotatable bonds is 14. The molecule has 0 rings (SSSR count). The SMILES string of the molecule is NCCCCCCN.N[C@@H](CCC(=O)O)C(=O)O.O=C(O)CCCCC(=O)O. The van der Waals surface area contributed by atoms with Crippen LogP contribution in [0.5, 0.6) is 0 Å². The summed E-state index contributed by atoms with van der Waals surface area (Å²) in [6.07, 6.45) is 5.59. The summed E-state index contributed by atoms with van der Waals surface area (Å²) in [5.41, 5.74) is 15.6. The van der Waals surface area contributed by atoms with Gasteiger partial charge in [-0.05, 0) is 45.2 Å². The summed E-state index contributed by atoms with van der Waals surface area (Å²) in [4.78, 5) is 39.7. The van der Waals surface area contributed by atoms with Gasteiger partial charge in [-0.3, -0.25) is 19.2 Å². The molecule has 0 aromatic heterocycles. The molecule has 0 heterocycles. The van der Waals surface area contributed by atoms with Gasteiger partial charge in [-0.2, -0.15) is 0 Å². The van der Waals surface area contributed by atoms with E-state index in [9.17, 15) is 19.2 Å². The molecule has 0 aromatic rings. The third kappa shape index (κ3) is 35.0. The molecular weight excluding hydrogens is 374 g/mol. The third-order valence-electron chi connectivity index (χ3n) is 3.18. The maximum Gasteiger partial charge on any atom is 0.320 e. The first kappa shape index (κ1) is 30.5. The van der Waals surface area contributed by atoms with Gasteiger partial charge in [-0.1, -0.05) is 12.8 Å². The molecule has 11 nitrogen and oxygen atoms in total. The van der Waals surface area contributed by atoms with E-state index in [2.05, 4.69) is 0 Å². The molecule has 166 valence electrons. The topological polar surface area (TPSA) is 227 Å². The fourth-order valence-electron chi connectivity index (χ4n) is 1.60. The fourth-order valence-corrected chi connectivity index (χ4v) is 1.60. The molecule has 0 aliphatic carbocycles. The molecule has 1 atom stereocenters. The van der Waals surface area contributed by atoms with Crippen molar-refractivity contribution in [2.45, 2.75) is 70.3 Å².